The summed E-state index contributed by atoms with van der Waals surface area (Å²) in [5.41, 5.74) is 0.925. The Labute approximate surface area is 131 Å². The summed E-state index contributed by atoms with van der Waals surface area (Å²) in [5.74, 6) is 0. The van der Waals surface area contributed by atoms with Crippen LogP contribution >= 0.6 is 0 Å². The molecule has 1 aromatic carbocycles. The van der Waals surface area contributed by atoms with Gasteiger partial charge in [0.2, 0.25) is 0 Å². The topological polar surface area (TPSA) is 42.0 Å². The quantitative estimate of drug-likeness (QED) is 0.834. The summed E-state index contributed by atoms with van der Waals surface area (Å²) in [4.78, 5) is 19.3. The van der Waals surface area contributed by atoms with E-state index in [1.54, 1.807) is 0 Å². The third-order valence-electron chi connectivity index (χ3n) is 4.10. The third kappa shape index (κ3) is 3.76. The van der Waals surface area contributed by atoms with Gasteiger partial charge in [-0.05, 0) is 18.4 Å². The number of amides is 2. The van der Waals surface area contributed by atoms with Gasteiger partial charge in [0, 0.05) is 6.54 Å². The predicted molar refractivity (Wildman–Crippen MR) is 74.0 cm³/mol. The van der Waals surface area contributed by atoms with Crippen molar-refractivity contribution < 1.29 is 27.5 Å². The average molecular weight is 330 g/mol. The highest BCUT2D eigenvalue weighted by Crippen LogP contribution is 2.31. The molecule has 0 radical (unpaired) electrons. The number of carbonyl (C=O) groups excluding carboxylic acids is 1. The van der Waals surface area contributed by atoms with E-state index < -0.39 is 19.0 Å². The standard InChI is InChI=1S/C15H17F3N2O3/c16-15(17,18)22-10-13-7-6-12-8-19(13)14(21)20(12)23-9-11-4-2-1-3-5-11/h1-5,12-13H,6-10H2/t12?,13-/m0/s1. The molecule has 2 aliphatic heterocycles. The van der Waals surface area contributed by atoms with Crippen molar-refractivity contribution in [2.75, 3.05) is 13.2 Å². The van der Waals surface area contributed by atoms with Crippen LogP contribution in [-0.4, -0.2) is 47.6 Å². The van der Waals surface area contributed by atoms with Gasteiger partial charge in [0.15, 0.2) is 0 Å². The van der Waals surface area contributed by atoms with Crippen molar-refractivity contribution in [2.45, 2.75) is 37.9 Å². The van der Waals surface area contributed by atoms with Gasteiger partial charge >= 0.3 is 12.4 Å². The molecule has 2 amide bonds. The first kappa shape index (κ1) is 16.1. The summed E-state index contributed by atoms with van der Waals surface area (Å²) < 4.78 is 40.4. The Balaban J connectivity index is 1.58. The molecule has 0 aliphatic carbocycles. The zero-order valence-corrected chi connectivity index (χ0v) is 12.3. The maximum absolute atomic E-state index is 12.3. The summed E-state index contributed by atoms with van der Waals surface area (Å²) in [6.45, 7) is 0.0919. The highest BCUT2D eigenvalue weighted by atomic mass is 19.4. The Kier molecular flexibility index (Phi) is 4.45. The fourth-order valence-electron chi connectivity index (χ4n) is 2.96. The van der Waals surface area contributed by atoms with E-state index in [2.05, 4.69) is 4.74 Å². The molecule has 5 nitrogen and oxygen atoms in total. The largest absolute Gasteiger partial charge is 0.522 e. The Hall–Kier alpha value is -1.80. The number of alkyl halides is 3. The first-order valence-electron chi connectivity index (χ1n) is 7.41. The van der Waals surface area contributed by atoms with Crippen LogP contribution in [0, 0.1) is 0 Å². The molecule has 8 heteroatoms. The lowest BCUT2D eigenvalue weighted by Crippen LogP contribution is -2.43. The van der Waals surface area contributed by atoms with E-state index in [1.165, 1.54) is 9.96 Å². The highest BCUT2D eigenvalue weighted by molar-refractivity contribution is 5.76. The molecule has 2 saturated heterocycles. The summed E-state index contributed by atoms with van der Waals surface area (Å²) in [6.07, 6.45) is -3.61. The van der Waals surface area contributed by atoms with Crippen LogP contribution in [-0.2, 0) is 16.2 Å². The smallest absolute Gasteiger partial charge is 0.315 e. The molecule has 1 aromatic rings. The van der Waals surface area contributed by atoms with Crippen molar-refractivity contribution in [3.8, 4) is 0 Å². The van der Waals surface area contributed by atoms with E-state index in [-0.39, 0.29) is 18.7 Å². The molecule has 0 N–H and O–H groups in total. The van der Waals surface area contributed by atoms with Gasteiger partial charge in [-0.15, -0.1) is 13.2 Å². The number of hydroxylamine groups is 2. The van der Waals surface area contributed by atoms with Crippen LogP contribution in [0.25, 0.3) is 0 Å². The van der Waals surface area contributed by atoms with Gasteiger partial charge in [0.05, 0.1) is 18.7 Å². The lowest BCUT2D eigenvalue weighted by molar-refractivity contribution is -0.328. The van der Waals surface area contributed by atoms with E-state index in [4.69, 9.17) is 4.84 Å². The minimum Gasteiger partial charge on any atom is -0.315 e. The van der Waals surface area contributed by atoms with Gasteiger partial charge in [-0.1, -0.05) is 30.3 Å². The number of ether oxygens (including phenoxy) is 1. The molecule has 2 atom stereocenters. The zero-order valence-electron chi connectivity index (χ0n) is 12.3. The number of benzene rings is 1. The maximum atomic E-state index is 12.3. The molecular weight excluding hydrogens is 313 g/mol. The van der Waals surface area contributed by atoms with Gasteiger partial charge < -0.3 is 4.90 Å². The predicted octanol–water partition coefficient (Wildman–Crippen LogP) is 2.92. The van der Waals surface area contributed by atoms with Gasteiger partial charge in [-0.2, -0.15) is 5.06 Å². The second kappa shape index (κ2) is 6.37. The van der Waals surface area contributed by atoms with E-state index in [0.29, 0.717) is 19.4 Å². The number of rotatable bonds is 5. The highest BCUT2D eigenvalue weighted by Gasteiger charge is 2.46. The second-order valence-corrected chi connectivity index (χ2v) is 5.66. The van der Waals surface area contributed by atoms with Crippen LogP contribution in [0.4, 0.5) is 18.0 Å². The molecular formula is C15H17F3N2O3. The Morgan fingerprint density at radius 2 is 1.91 bits per heavy atom. The molecule has 0 saturated carbocycles. The zero-order chi connectivity index (χ0) is 16.4. The van der Waals surface area contributed by atoms with Crippen molar-refractivity contribution >= 4 is 6.03 Å². The SMILES string of the molecule is O=C1N(OCc2ccccc2)C2CC[C@@H](COC(F)(F)F)N1C2. The fraction of sp³-hybridized carbons (Fsp3) is 0.533. The number of hydrogen-bond donors (Lipinski definition) is 0. The van der Waals surface area contributed by atoms with Gasteiger partial charge in [0.25, 0.3) is 0 Å². The second-order valence-electron chi connectivity index (χ2n) is 5.66. The number of nitrogens with zero attached hydrogens (tertiary/aromatic N) is 2. The number of halogens is 3. The summed E-state index contributed by atoms with van der Waals surface area (Å²) in [6, 6.07) is 8.32. The number of piperidine rings is 1. The molecule has 0 aromatic heterocycles. The number of urea groups is 1. The number of hydrogen-bond acceptors (Lipinski definition) is 3. The minimum atomic E-state index is -4.68. The molecule has 2 aliphatic rings. The van der Waals surface area contributed by atoms with Crippen molar-refractivity contribution in [3.63, 3.8) is 0 Å². The molecule has 2 fully saturated rings. The average Bonchev–Trinajstić information content (AvgIpc) is 2.77. The normalized spacial score (nSPS) is 24.4. The lowest BCUT2D eigenvalue weighted by atomic mass is 10.0. The Morgan fingerprint density at radius 3 is 2.61 bits per heavy atom. The fourth-order valence-corrected chi connectivity index (χ4v) is 2.96. The molecule has 2 heterocycles. The third-order valence-corrected chi connectivity index (χ3v) is 4.10. The molecule has 126 valence electrons. The van der Waals surface area contributed by atoms with Crippen LogP contribution in [0.3, 0.4) is 0 Å². The molecule has 3 rings (SSSR count). The van der Waals surface area contributed by atoms with Crippen molar-refractivity contribution in [3.05, 3.63) is 35.9 Å². The molecule has 1 unspecified atom stereocenters. The van der Waals surface area contributed by atoms with Crippen LogP contribution in [0.2, 0.25) is 0 Å². The van der Waals surface area contributed by atoms with Crippen molar-refractivity contribution in [1.29, 1.82) is 0 Å². The van der Waals surface area contributed by atoms with Crippen LogP contribution in [0.1, 0.15) is 18.4 Å². The first-order chi connectivity index (χ1) is 10.9. The Bertz CT molecular complexity index is 553. The molecule has 23 heavy (non-hydrogen) atoms. The van der Waals surface area contributed by atoms with Gasteiger partial charge in [0.1, 0.15) is 6.61 Å². The monoisotopic (exact) mass is 330 g/mol. The molecule has 2 bridgehead atoms. The van der Waals surface area contributed by atoms with Crippen LogP contribution < -0.4 is 0 Å². The van der Waals surface area contributed by atoms with Crippen LogP contribution in [0.15, 0.2) is 30.3 Å². The lowest BCUT2D eigenvalue weighted by Gasteiger charge is -2.30. The maximum Gasteiger partial charge on any atom is 0.522 e. The minimum absolute atomic E-state index is 0.117. The van der Waals surface area contributed by atoms with E-state index in [1.807, 2.05) is 30.3 Å². The summed E-state index contributed by atoms with van der Waals surface area (Å²) >= 11 is 0. The Morgan fingerprint density at radius 1 is 1.17 bits per heavy atom. The summed E-state index contributed by atoms with van der Waals surface area (Å²) in [7, 11) is 0. The number of fused-ring (bicyclic) bond motifs is 2. The summed E-state index contributed by atoms with van der Waals surface area (Å²) in [5, 5.41) is 1.29. The van der Waals surface area contributed by atoms with Crippen LogP contribution in [0.5, 0.6) is 0 Å². The first-order valence-corrected chi connectivity index (χ1v) is 7.41. The van der Waals surface area contributed by atoms with Crippen molar-refractivity contribution in [2.24, 2.45) is 0 Å². The van der Waals surface area contributed by atoms with E-state index in [0.717, 1.165) is 5.56 Å². The molecule has 0 spiro atoms. The van der Waals surface area contributed by atoms with Gasteiger partial charge in [-0.25, -0.2) is 4.79 Å². The van der Waals surface area contributed by atoms with Gasteiger partial charge in [-0.3, -0.25) is 9.57 Å². The van der Waals surface area contributed by atoms with E-state index >= 15 is 0 Å². The van der Waals surface area contributed by atoms with Crippen molar-refractivity contribution in [1.82, 2.24) is 9.96 Å². The van der Waals surface area contributed by atoms with E-state index in [9.17, 15) is 18.0 Å². The number of carbonyl (C=O) groups is 1.